The Morgan fingerprint density at radius 2 is 1.81 bits per heavy atom. The monoisotopic (exact) mass is 369 g/mol. The average Bonchev–Trinajstić information content (AvgIpc) is 3.48. The van der Waals surface area contributed by atoms with Gasteiger partial charge in [-0.15, -0.1) is 0 Å². The molecule has 1 N–H and O–H groups in total. The number of aryl methyl sites for hydroxylation is 1. The third-order valence-electron chi connectivity index (χ3n) is 4.59. The van der Waals surface area contributed by atoms with Crippen LogP contribution in [0, 0.1) is 11.6 Å². The second-order valence-corrected chi connectivity index (χ2v) is 6.71. The largest absolute Gasteiger partial charge is 0.280 e. The summed E-state index contributed by atoms with van der Waals surface area (Å²) in [6, 6.07) is 9.72. The first-order chi connectivity index (χ1) is 13.0. The lowest BCUT2D eigenvalue weighted by Crippen LogP contribution is -2.36. The molecule has 2 aromatic carbocycles. The molecule has 0 saturated heterocycles. The second kappa shape index (κ2) is 6.90. The summed E-state index contributed by atoms with van der Waals surface area (Å²) >= 11 is 0. The molecular weight excluding hydrogens is 352 g/mol. The van der Waals surface area contributed by atoms with Gasteiger partial charge in [0.05, 0.1) is 10.9 Å². The molecule has 138 valence electrons. The molecule has 1 heterocycles. The van der Waals surface area contributed by atoms with Crippen LogP contribution in [0.1, 0.15) is 36.6 Å². The van der Waals surface area contributed by atoms with Crippen LogP contribution in [0.5, 0.6) is 0 Å². The molecule has 1 aliphatic rings. The van der Waals surface area contributed by atoms with Gasteiger partial charge in [-0.25, -0.2) is 18.4 Å². The van der Waals surface area contributed by atoms with Gasteiger partial charge in [-0.2, -0.15) is 0 Å². The first kappa shape index (κ1) is 17.3. The standard InChI is InChI=1S/C20H17F2N3O2/c21-14-6-1-12(2-7-14)3-10-18(26)24-25-19(13-4-5-13)23-17-11-15(22)8-9-16(17)20(25)27/h1-2,6-9,11,13H,3-5,10H2,(H,24,26). The van der Waals surface area contributed by atoms with Crippen LogP contribution in [0.15, 0.2) is 47.3 Å². The number of hydrogen-bond donors (Lipinski definition) is 1. The van der Waals surface area contributed by atoms with Crippen molar-refractivity contribution in [2.45, 2.75) is 31.6 Å². The molecule has 0 bridgehead atoms. The van der Waals surface area contributed by atoms with Crippen LogP contribution in [0.4, 0.5) is 8.78 Å². The zero-order valence-electron chi connectivity index (χ0n) is 14.4. The van der Waals surface area contributed by atoms with E-state index in [-0.39, 0.29) is 29.4 Å². The number of nitrogens with one attached hydrogen (secondary N) is 1. The Bertz CT molecular complexity index is 1070. The van der Waals surface area contributed by atoms with Crippen LogP contribution >= 0.6 is 0 Å². The number of hydrogen-bond acceptors (Lipinski definition) is 3. The minimum absolute atomic E-state index is 0.0859. The van der Waals surface area contributed by atoms with Crippen LogP contribution in [-0.4, -0.2) is 15.6 Å². The highest BCUT2D eigenvalue weighted by Gasteiger charge is 2.30. The van der Waals surface area contributed by atoms with Crippen LogP contribution < -0.4 is 11.0 Å². The predicted molar refractivity (Wildman–Crippen MR) is 97.0 cm³/mol. The van der Waals surface area contributed by atoms with Crippen LogP contribution in [0.3, 0.4) is 0 Å². The minimum atomic E-state index is -0.461. The first-order valence-electron chi connectivity index (χ1n) is 8.78. The summed E-state index contributed by atoms with van der Waals surface area (Å²) < 4.78 is 27.6. The molecule has 7 heteroatoms. The van der Waals surface area contributed by atoms with Gasteiger partial charge < -0.3 is 0 Å². The predicted octanol–water partition coefficient (Wildman–Crippen LogP) is 3.26. The lowest BCUT2D eigenvalue weighted by atomic mass is 10.1. The van der Waals surface area contributed by atoms with Crippen molar-refractivity contribution in [3.63, 3.8) is 0 Å². The second-order valence-electron chi connectivity index (χ2n) is 6.71. The Labute approximate surface area is 153 Å². The molecule has 0 atom stereocenters. The quantitative estimate of drug-likeness (QED) is 0.751. The number of rotatable bonds is 5. The van der Waals surface area contributed by atoms with Crippen molar-refractivity contribution in [3.8, 4) is 0 Å². The molecule has 1 saturated carbocycles. The lowest BCUT2D eigenvalue weighted by molar-refractivity contribution is -0.117. The summed E-state index contributed by atoms with van der Waals surface area (Å²) in [6.07, 6.45) is 2.31. The first-order valence-corrected chi connectivity index (χ1v) is 8.78. The Balaban J connectivity index is 1.58. The summed E-state index contributed by atoms with van der Waals surface area (Å²) in [6.45, 7) is 0. The number of carbonyl (C=O) groups is 1. The molecule has 1 aliphatic carbocycles. The zero-order valence-corrected chi connectivity index (χ0v) is 14.4. The maximum absolute atomic E-state index is 13.5. The van der Waals surface area contributed by atoms with Crippen molar-refractivity contribution in [1.82, 2.24) is 9.66 Å². The van der Waals surface area contributed by atoms with E-state index in [4.69, 9.17) is 0 Å². The maximum atomic E-state index is 13.5. The minimum Gasteiger partial charge on any atom is -0.273 e. The van der Waals surface area contributed by atoms with E-state index >= 15 is 0 Å². The van der Waals surface area contributed by atoms with Crippen molar-refractivity contribution in [3.05, 3.63) is 75.8 Å². The third kappa shape index (κ3) is 3.72. The molecule has 1 amide bonds. The van der Waals surface area contributed by atoms with Crippen molar-refractivity contribution < 1.29 is 13.6 Å². The number of benzene rings is 2. The molecule has 1 fully saturated rings. The van der Waals surface area contributed by atoms with Gasteiger partial charge in [-0.1, -0.05) is 12.1 Å². The molecule has 3 aromatic rings. The highest BCUT2D eigenvalue weighted by Crippen LogP contribution is 2.38. The topological polar surface area (TPSA) is 64.0 Å². The van der Waals surface area contributed by atoms with Crippen LogP contribution in [-0.2, 0) is 11.2 Å². The fourth-order valence-electron chi connectivity index (χ4n) is 2.99. The molecule has 27 heavy (non-hydrogen) atoms. The van der Waals surface area contributed by atoms with E-state index in [2.05, 4.69) is 10.4 Å². The number of aromatic nitrogens is 2. The van der Waals surface area contributed by atoms with E-state index in [1.165, 1.54) is 35.0 Å². The normalized spacial score (nSPS) is 13.7. The SMILES string of the molecule is O=C(CCc1ccc(F)cc1)Nn1c(C2CC2)nc2cc(F)ccc2c1=O. The van der Waals surface area contributed by atoms with E-state index in [1.807, 2.05) is 0 Å². The average molecular weight is 369 g/mol. The van der Waals surface area contributed by atoms with Crippen molar-refractivity contribution >= 4 is 16.8 Å². The molecule has 0 unspecified atom stereocenters. The van der Waals surface area contributed by atoms with Gasteiger partial charge in [0.1, 0.15) is 17.5 Å². The Kier molecular flexibility index (Phi) is 4.43. The number of halogens is 2. The number of carbonyl (C=O) groups excluding carboxylic acids is 1. The van der Waals surface area contributed by atoms with Crippen molar-refractivity contribution in [2.75, 3.05) is 5.43 Å². The van der Waals surface area contributed by atoms with Gasteiger partial charge in [0.25, 0.3) is 5.56 Å². The van der Waals surface area contributed by atoms with E-state index in [0.29, 0.717) is 17.8 Å². The summed E-state index contributed by atoms with van der Waals surface area (Å²) in [7, 11) is 0. The molecule has 0 spiro atoms. The van der Waals surface area contributed by atoms with Gasteiger partial charge in [-0.05, 0) is 49.1 Å². The highest BCUT2D eigenvalue weighted by atomic mass is 19.1. The summed E-state index contributed by atoms with van der Waals surface area (Å²) in [5.74, 6) is -0.595. The van der Waals surface area contributed by atoms with Gasteiger partial charge in [0.2, 0.25) is 5.91 Å². The highest BCUT2D eigenvalue weighted by molar-refractivity contribution is 5.85. The van der Waals surface area contributed by atoms with Crippen LogP contribution in [0.25, 0.3) is 10.9 Å². The fraction of sp³-hybridized carbons (Fsp3) is 0.250. The Morgan fingerprint density at radius 1 is 1.11 bits per heavy atom. The third-order valence-corrected chi connectivity index (χ3v) is 4.59. The number of amides is 1. The molecule has 1 aromatic heterocycles. The van der Waals surface area contributed by atoms with Crippen molar-refractivity contribution in [1.29, 1.82) is 0 Å². The number of fused-ring (bicyclic) bond motifs is 1. The number of nitrogens with zero attached hydrogens (tertiary/aromatic N) is 2. The molecular formula is C20H17F2N3O2. The lowest BCUT2D eigenvalue weighted by Gasteiger charge is -2.14. The van der Waals surface area contributed by atoms with Crippen molar-refractivity contribution in [2.24, 2.45) is 0 Å². The van der Waals surface area contributed by atoms with E-state index in [0.717, 1.165) is 18.4 Å². The Morgan fingerprint density at radius 3 is 2.52 bits per heavy atom. The molecule has 5 nitrogen and oxygen atoms in total. The zero-order chi connectivity index (χ0) is 19.0. The van der Waals surface area contributed by atoms with E-state index in [1.54, 1.807) is 12.1 Å². The van der Waals surface area contributed by atoms with Gasteiger partial charge >= 0.3 is 0 Å². The maximum Gasteiger partial charge on any atom is 0.280 e. The van der Waals surface area contributed by atoms with Gasteiger partial charge in [-0.3, -0.25) is 15.0 Å². The fourth-order valence-corrected chi connectivity index (χ4v) is 2.99. The van der Waals surface area contributed by atoms with Gasteiger partial charge in [0.15, 0.2) is 0 Å². The van der Waals surface area contributed by atoms with E-state index in [9.17, 15) is 18.4 Å². The van der Waals surface area contributed by atoms with Gasteiger partial charge in [0, 0.05) is 18.4 Å². The summed E-state index contributed by atoms with van der Waals surface area (Å²) in [4.78, 5) is 29.5. The van der Waals surface area contributed by atoms with E-state index < -0.39 is 11.4 Å². The summed E-state index contributed by atoms with van der Waals surface area (Å²) in [5, 5.41) is 0.250. The Hall–Kier alpha value is -3.09. The molecule has 4 rings (SSSR count). The smallest absolute Gasteiger partial charge is 0.273 e. The summed E-state index contributed by atoms with van der Waals surface area (Å²) in [5.41, 5.74) is 3.32. The molecule has 0 aliphatic heterocycles. The molecule has 0 radical (unpaired) electrons. The van der Waals surface area contributed by atoms with Crippen LogP contribution in [0.2, 0.25) is 0 Å².